The van der Waals surface area contributed by atoms with E-state index in [-0.39, 0.29) is 24.4 Å². The molecule has 148 valence electrons. The first-order valence-electron chi connectivity index (χ1n) is 9.46. The standard InChI is InChI=1S/C20H33N3O2.ClH/c1-16(2)25-19-6-4-5-18(13-19)14-22-20(24)15-23-11-8-17(9-12-23)7-10-21-3;/h4-6,13,16-17,21H,7-12,14-15H2,1-3H3,(H,22,24);1H. The zero-order chi connectivity index (χ0) is 18.1. The molecular weight excluding hydrogens is 350 g/mol. The molecule has 2 rings (SSSR count). The van der Waals surface area contributed by atoms with Crippen LogP contribution in [0.5, 0.6) is 5.75 Å². The molecule has 1 fully saturated rings. The number of ether oxygens (including phenoxy) is 1. The van der Waals surface area contributed by atoms with E-state index in [1.165, 1.54) is 19.3 Å². The van der Waals surface area contributed by atoms with Gasteiger partial charge in [-0.25, -0.2) is 0 Å². The zero-order valence-corrected chi connectivity index (χ0v) is 17.1. The van der Waals surface area contributed by atoms with Crippen molar-refractivity contribution in [1.82, 2.24) is 15.5 Å². The fourth-order valence-corrected chi connectivity index (χ4v) is 3.24. The number of carbonyl (C=O) groups excluding carboxylic acids is 1. The van der Waals surface area contributed by atoms with E-state index in [0.29, 0.717) is 13.1 Å². The molecule has 0 saturated carbocycles. The molecule has 1 amide bonds. The van der Waals surface area contributed by atoms with E-state index < -0.39 is 0 Å². The molecule has 1 saturated heterocycles. The number of likely N-dealkylation sites (tertiary alicyclic amines) is 1. The predicted molar refractivity (Wildman–Crippen MR) is 109 cm³/mol. The summed E-state index contributed by atoms with van der Waals surface area (Å²) in [6, 6.07) is 7.92. The fourth-order valence-electron chi connectivity index (χ4n) is 3.24. The Bertz CT molecular complexity index is 532. The summed E-state index contributed by atoms with van der Waals surface area (Å²) in [6.45, 7) is 8.21. The summed E-state index contributed by atoms with van der Waals surface area (Å²) in [5.41, 5.74) is 1.07. The van der Waals surface area contributed by atoms with Crippen LogP contribution in [-0.2, 0) is 11.3 Å². The molecule has 2 N–H and O–H groups in total. The Kier molecular flexibility index (Phi) is 10.6. The van der Waals surface area contributed by atoms with Gasteiger partial charge in [0.25, 0.3) is 0 Å². The third-order valence-electron chi connectivity index (χ3n) is 4.64. The summed E-state index contributed by atoms with van der Waals surface area (Å²) in [4.78, 5) is 14.5. The number of benzene rings is 1. The van der Waals surface area contributed by atoms with Crippen molar-refractivity contribution < 1.29 is 9.53 Å². The average molecular weight is 384 g/mol. The molecule has 0 spiro atoms. The second-order valence-electron chi connectivity index (χ2n) is 7.20. The lowest BCUT2D eigenvalue weighted by molar-refractivity contribution is -0.122. The molecule has 1 aromatic carbocycles. The van der Waals surface area contributed by atoms with Gasteiger partial charge >= 0.3 is 0 Å². The highest BCUT2D eigenvalue weighted by molar-refractivity contribution is 5.85. The van der Waals surface area contributed by atoms with Gasteiger partial charge in [-0.2, -0.15) is 0 Å². The van der Waals surface area contributed by atoms with Crippen molar-refractivity contribution in [1.29, 1.82) is 0 Å². The van der Waals surface area contributed by atoms with Crippen molar-refractivity contribution in [2.45, 2.75) is 45.8 Å². The topological polar surface area (TPSA) is 53.6 Å². The van der Waals surface area contributed by atoms with E-state index in [0.717, 1.165) is 36.9 Å². The fraction of sp³-hybridized carbons (Fsp3) is 0.650. The van der Waals surface area contributed by atoms with Gasteiger partial charge in [-0.3, -0.25) is 9.69 Å². The van der Waals surface area contributed by atoms with Crippen molar-refractivity contribution in [2.24, 2.45) is 5.92 Å². The van der Waals surface area contributed by atoms with Gasteiger partial charge in [-0.15, -0.1) is 12.4 Å². The summed E-state index contributed by atoms with van der Waals surface area (Å²) < 4.78 is 5.70. The molecule has 0 aromatic heterocycles. The summed E-state index contributed by atoms with van der Waals surface area (Å²) in [6.07, 6.45) is 3.79. The minimum Gasteiger partial charge on any atom is -0.491 e. The number of hydrogen-bond donors (Lipinski definition) is 2. The largest absolute Gasteiger partial charge is 0.491 e. The third-order valence-corrected chi connectivity index (χ3v) is 4.64. The Morgan fingerprint density at radius 1 is 1.31 bits per heavy atom. The first-order chi connectivity index (χ1) is 12.1. The zero-order valence-electron chi connectivity index (χ0n) is 16.3. The Balaban J connectivity index is 0.00000338. The van der Waals surface area contributed by atoms with E-state index in [9.17, 15) is 4.79 Å². The molecule has 5 nitrogen and oxygen atoms in total. The summed E-state index contributed by atoms with van der Waals surface area (Å²) >= 11 is 0. The number of rotatable bonds is 9. The molecule has 1 aliphatic heterocycles. The first kappa shape index (κ1) is 22.7. The molecule has 26 heavy (non-hydrogen) atoms. The molecule has 0 atom stereocenters. The second-order valence-corrected chi connectivity index (χ2v) is 7.20. The van der Waals surface area contributed by atoms with E-state index >= 15 is 0 Å². The maximum Gasteiger partial charge on any atom is 0.234 e. The summed E-state index contributed by atoms with van der Waals surface area (Å²) in [5, 5.41) is 6.24. The van der Waals surface area contributed by atoms with Crippen LogP contribution in [0, 0.1) is 5.92 Å². The lowest BCUT2D eigenvalue weighted by atomic mass is 9.93. The van der Waals surface area contributed by atoms with Crippen LogP contribution in [0.2, 0.25) is 0 Å². The van der Waals surface area contributed by atoms with Gasteiger partial charge in [0.15, 0.2) is 0 Å². The highest BCUT2D eigenvalue weighted by atomic mass is 35.5. The SMILES string of the molecule is CNCCC1CCN(CC(=O)NCc2cccc(OC(C)C)c2)CC1.Cl. The molecule has 1 aromatic rings. The molecule has 6 heteroatoms. The molecule has 0 bridgehead atoms. The number of nitrogens with one attached hydrogen (secondary N) is 2. The van der Waals surface area contributed by atoms with Gasteiger partial charge in [-0.05, 0) is 83.4 Å². The summed E-state index contributed by atoms with van der Waals surface area (Å²) in [7, 11) is 2.00. The van der Waals surface area contributed by atoms with E-state index in [4.69, 9.17) is 4.74 Å². The number of halogens is 1. The Hall–Kier alpha value is -1.30. The highest BCUT2D eigenvalue weighted by Crippen LogP contribution is 2.19. The van der Waals surface area contributed by atoms with Gasteiger partial charge < -0.3 is 15.4 Å². The van der Waals surface area contributed by atoms with Crippen molar-refractivity contribution >= 4 is 18.3 Å². The lowest BCUT2D eigenvalue weighted by Crippen LogP contribution is -2.41. The maximum absolute atomic E-state index is 12.2. The second kappa shape index (κ2) is 12.2. The van der Waals surface area contributed by atoms with Crippen LogP contribution < -0.4 is 15.4 Å². The minimum absolute atomic E-state index is 0. The van der Waals surface area contributed by atoms with Crippen molar-refractivity contribution in [2.75, 3.05) is 33.2 Å². The van der Waals surface area contributed by atoms with Gasteiger partial charge in [0.05, 0.1) is 12.6 Å². The average Bonchev–Trinajstić information content (AvgIpc) is 2.59. The van der Waals surface area contributed by atoms with Crippen LogP contribution in [0.4, 0.5) is 0 Å². The minimum atomic E-state index is 0. The van der Waals surface area contributed by atoms with E-state index in [1.807, 2.05) is 45.2 Å². The van der Waals surface area contributed by atoms with Crippen molar-refractivity contribution in [3.8, 4) is 5.75 Å². The van der Waals surface area contributed by atoms with Gasteiger partial charge in [0.2, 0.25) is 5.91 Å². The number of piperidine rings is 1. The van der Waals surface area contributed by atoms with Crippen LogP contribution in [-0.4, -0.2) is 50.1 Å². The monoisotopic (exact) mass is 383 g/mol. The van der Waals surface area contributed by atoms with E-state index in [1.54, 1.807) is 0 Å². The maximum atomic E-state index is 12.2. The van der Waals surface area contributed by atoms with Gasteiger partial charge in [-0.1, -0.05) is 12.1 Å². The summed E-state index contributed by atoms with van der Waals surface area (Å²) in [5.74, 6) is 1.75. The Morgan fingerprint density at radius 2 is 2.04 bits per heavy atom. The quantitative estimate of drug-likeness (QED) is 0.688. The molecule has 0 unspecified atom stereocenters. The van der Waals surface area contributed by atoms with E-state index in [2.05, 4.69) is 15.5 Å². The Morgan fingerprint density at radius 3 is 2.69 bits per heavy atom. The highest BCUT2D eigenvalue weighted by Gasteiger charge is 2.20. The van der Waals surface area contributed by atoms with Gasteiger partial charge in [0.1, 0.15) is 5.75 Å². The Labute approximate surface area is 164 Å². The van der Waals surface area contributed by atoms with Gasteiger partial charge in [0, 0.05) is 6.54 Å². The predicted octanol–water partition coefficient (Wildman–Crippen LogP) is 2.83. The molecular formula is C20H34ClN3O2. The molecule has 0 aliphatic carbocycles. The van der Waals surface area contributed by atoms with Crippen molar-refractivity contribution in [3.63, 3.8) is 0 Å². The first-order valence-corrected chi connectivity index (χ1v) is 9.46. The van der Waals surface area contributed by atoms with Crippen LogP contribution >= 0.6 is 12.4 Å². The number of carbonyl (C=O) groups is 1. The van der Waals surface area contributed by atoms with Crippen LogP contribution in [0.3, 0.4) is 0 Å². The molecule has 0 radical (unpaired) electrons. The number of hydrogen-bond acceptors (Lipinski definition) is 4. The van der Waals surface area contributed by atoms with Crippen LogP contribution in [0.15, 0.2) is 24.3 Å². The number of nitrogens with zero attached hydrogens (tertiary/aromatic N) is 1. The smallest absolute Gasteiger partial charge is 0.234 e. The van der Waals surface area contributed by atoms with Crippen LogP contribution in [0.1, 0.15) is 38.7 Å². The van der Waals surface area contributed by atoms with Crippen LogP contribution in [0.25, 0.3) is 0 Å². The normalized spacial score (nSPS) is 15.5. The molecule has 1 aliphatic rings. The third kappa shape index (κ3) is 8.39. The number of amides is 1. The van der Waals surface area contributed by atoms with Crippen molar-refractivity contribution in [3.05, 3.63) is 29.8 Å². The molecule has 1 heterocycles. The lowest BCUT2D eigenvalue weighted by Gasteiger charge is -2.31.